The van der Waals surface area contributed by atoms with Gasteiger partial charge < -0.3 is 14.3 Å². The Morgan fingerprint density at radius 3 is 3.07 bits per heavy atom. The first-order chi connectivity index (χ1) is 13.6. The number of thioether (sulfide) groups is 1. The number of thiocarbonyl (C=S) groups is 1. The van der Waals surface area contributed by atoms with Gasteiger partial charge in [0, 0.05) is 25.5 Å². The zero-order valence-electron chi connectivity index (χ0n) is 15.3. The van der Waals surface area contributed by atoms with Crippen LogP contribution in [-0.2, 0) is 16.1 Å². The molecule has 0 aliphatic carbocycles. The van der Waals surface area contributed by atoms with E-state index >= 15 is 0 Å². The van der Waals surface area contributed by atoms with Gasteiger partial charge in [0.15, 0.2) is 0 Å². The van der Waals surface area contributed by atoms with Gasteiger partial charge in [-0.25, -0.2) is 4.98 Å². The first-order valence-electron chi connectivity index (χ1n) is 8.77. The normalized spacial score (nSPS) is 17.0. The molecule has 2 aromatic rings. The minimum absolute atomic E-state index is 0.227. The lowest BCUT2D eigenvalue weighted by Crippen LogP contribution is -2.47. The van der Waals surface area contributed by atoms with Gasteiger partial charge in [-0.1, -0.05) is 30.1 Å². The maximum absolute atomic E-state index is 12.6. The molecule has 1 unspecified atom stereocenters. The molecule has 1 aliphatic heterocycles. The van der Waals surface area contributed by atoms with Crippen LogP contribution in [0.3, 0.4) is 0 Å². The zero-order chi connectivity index (χ0) is 19.9. The Kier molecular flexibility index (Phi) is 6.83. The number of aryl methyl sites for hydroxylation is 1. The summed E-state index contributed by atoms with van der Waals surface area (Å²) in [6.07, 6.45) is 12.8. The number of nitrogens with one attached hydrogen (secondary N) is 1. The van der Waals surface area contributed by atoms with E-state index in [2.05, 4.69) is 10.3 Å². The Balaban J connectivity index is 1.52. The second kappa shape index (κ2) is 9.52. The number of hydrogen-bond acceptors (Lipinski definition) is 6. The molecule has 1 N–H and O–H groups in total. The average Bonchev–Trinajstić information content (AvgIpc) is 3.42. The summed E-state index contributed by atoms with van der Waals surface area (Å²) in [7, 11) is 0. The van der Waals surface area contributed by atoms with Crippen LogP contribution in [0.4, 0.5) is 0 Å². The van der Waals surface area contributed by atoms with Crippen molar-refractivity contribution < 1.29 is 14.0 Å². The Morgan fingerprint density at radius 1 is 1.50 bits per heavy atom. The Bertz CT molecular complexity index is 888. The summed E-state index contributed by atoms with van der Waals surface area (Å²) in [6, 6.07) is 2.93. The molecule has 146 valence electrons. The van der Waals surface area contributed by atoms with Crippen molar-refractivity contribution in [2.24, 2.45) is 0 Å². The second-order valence-corrected chi connectivity index (χ2v) is 7.75. The number of furan rings is 1. The molecule has 1 fully saturated rings. The lowest BCUT2D eigenvalue weighted by molar-refractivity contribution is -0.132. The summed E-state index contributed by atoms with van der Waals surface area (Å²) >= 11 is 6.49. The highest BCUT2D eigenvalue weighted by Gasteiger charge is 2.37. The summed E-state index contributed by atoms with van der Waals surface area (Å²) in [6.45, 7) is 2.95. The fourth-order valence-corrected chi connectivity index (χ4v) is 3.97. The predicted molar refractivity (Wildman–Crippen MR) is 112 cm³/mol. The van der Waals surface area contributed by atoms with E-state index in [4.69, 9.17) is 16.6 Å². The van der Waals surface area contributed by atoms with Crippen LogP contribution in [0, 0.1) is 0 Å². The number of nitrogens with zero attached hydrogens (tertiary/aromatic N) is 3. The number of hydrogen-bond donors (Lipinski definition) is 1. The molecule has 3 rings (SSSR count). The molecule has 2 aromatic heterocycles. The minimum Gasteiger partial charge on any atom is -0.465 e. The van der Waals surface area contributed by atoms with E-state index in [1.807, 2.05) is 16.8 Å². The molecule has 0 bridgehead atoms. The van der Waals surface area contributed by atoms with Crippen molar-refractivity contribution in [3.05, 3.63) is 59.9 Å². The molecule has 1 saturated heterocycles. The van der Waals surface area contributed by atoms with Crippen molar-refractivity contribution in [2.75, 3.05) is 6.54 Å². The van der Waals surface area contributed by atoms with Gasteiger partial charge in [-0.15, -0.1) is 0 Å². The molecule has 1 atom stereocenters. The van der Waals surface area contributed by atoms with E-state index < -0.39 is 6.04 Å². The molecule has 0 aromatic carbocycles. The van der Waals surface area contributed by atoms with Crippen molar-refractivity contribution in [2.45, 2.75) is 25.9 Å². The standard InChI is InChI=1S/C19H20N4O3S2/c1-14(17(24)21-8-4-10-22-11-9-20-13-22)23-18(25)16(28-19(23)27)7-2-5-15-6-3-12-26-15/h2-3,5-7,9,11-14H,4,8,10H2,1H3,(H,21,24). The van der Waals surface area contributed by atoms with Crippen molar-refractivity contribution in [1.82, 2.24) is 19.8 Å². The summed E-state index contributed by atoms with van der Waals surface area (Å²) < 4.78 is 7.53. The van der Waals surface area contributed by atoms with Crippen molar-refractivity contribution >= 4 is 46.2 Å². The third kappa shape index (κ3) is 4.99. The van der Waals surface area contributed by atoms with Crippen LogP contribution in [0.1, 0.15) is 19.1 Å². The molecule has 0 radical (unpaired) electrons. The molecular weight excluding hydrogens is 396 g/mol. The Morgan fingerprint density at radius 2 is 2.36 bits per heavy atom. The summed E-state index contributed by atoms with van der Waals surface area (Å²) in [5.74, 6) is 0.199. The molecule has 1 aliphatic rings. The predicted octanol–water partition coefficient (Wildman–Crippen LogP) is 2.83. The Hall–Kier alpha value is -2.65. The zero-order valence-corrected chi connectivity index (χ0v) is 16.9. The number of allylic oxidation sites excluding steroid dienone is 2. The van der Waals surface area contributed by atoms with Gasteiger partial charge >= 0.3 is 0 Å². The van der Waals surface area contributed by atoms with Crippen LogP contribution in [-0.4, -0.2) is 43.2 Å². The number of imidazole rings is 1. The van der Waals surface area contributed by atoms with Crippen LogP contribution >= 0.6 is 24.0 Å². The lowest BCUT2D eigenvalue weighted by Gasteiger charge is -2.22. The van der Waals surface area contributed by atoms with E-state index in [-0.39, 0.29) is 11.8 Å². The topological polar surface area (TPSA) is 80.4 Å². The van der Waals surface area contributed by atoms with Crippen LogP contribution in [0.2, 0.25) is 0 Å². The molecule has 7 nitrogen and oxygen atoms in total. The van der Waals surface area contributed by atoms with Gasteiger partial charge in [-0.2, -0.15) is 0 Å². The maximum Gasteiger partial charge on any atom is 0.266 e. The molecule has 9 heteroatoms. The maximum atomic E-state index is 12.6. The SMILES string of the molecule is CC(C(=O)NCCCn1ccnc1)N1C(=O)C(=CC=Cc2ccco2)SC1=S. The monoisotopic (exact) mass is 416 g/mol. The number of aromatic nitrogens is 2. The lowest BCUT2D eigenvalue weighted by atomic mass is 10.2. The van der Waals surface area contributed by atoms with Gasteiger partial charge in [0.25, 0.3) is 5.91 Å². The quantitative estimate of drug-likeness (QED) is 0.405. The van der Waals surface area contributed by atoms with Crippen molar-refractivity contribution in [1.29, 1.82) is 0 Å². The van der Waals surface area contributed by atoms with E-state index in [0.717, 1.165) is 13.0 Å². The highest BCUT2D eigenvalue weighted by molar-refractivity contribution is 8.26. The first-order valence-corrected chi connectivity index (χ1v) is 9.99. The summed E-state index contributed by atoms with van der Waals surface area (Å²) in [5.41, 5.74) is 0. The third-order valence-corrected chi connectivity index (χ3v) is 5.44. The van der Waals surface area contributed by atoms with Crippen LogP contribution in [0.5, 0.6) is 0 Å². The van der Waals surface area contributed by atoms with Gasteiger partial charge in [0.2, 0.25) is 5.91 Å². The Labute approximate surface area is 172 Å². The second-order valence-electron chi connectivity index (χ2n) is 6.07. The van der Waals surface area contributed by atoms with Crippen LogP contribution in [0.15, 0.2) is 58.6 Å². The number of carbonyl (C=O) groups is 2. The average molecular weight is 417 g/mol. The van der Waals surface area contributed by atoms with Crippen LogP contribution < -0.4 is 5.32 Å². The van der Waals surface area contributed by atoms with E-state index in [9.17, 15) is 9.59 Å². The minimum atomic E-state index is -0.666. The molecular formula is C19H20N4O3S2. The largest absolute Gasteiger partial charge is 0.465 e. The van der Waals surface area contributed by atoms with Crippen molar-refractivity contribution in [3.8, 4) is 0 Å². The smallest absolute Gasteiger partial charge is 0.266 e. The van der Waals surface area contributed by atoms with Gasteiger partial charge in [0.05, 0.1) is 17.5 Å². The van der Waals surface area contributed by atoms with Gasteiger partial charge in [-0.05, 0) is 37.6 Å². The number of carbonyl (C=O) groups excluding carboxylic acids is 2. The number of rotatable bonds is 8. The van der Waals surface area contributed by atoms with Crippen LogP contribution in [0.25, 0.3) is 6.08 Å². The van der Waals surface area contributed by atoms with E-state index in [0.29, 0.717) is 21.5 Å². The molecule has 3 heterocycles. The fraction of sp³-hybridized carbons (Fsp3) is 0.263. The fourth-order valence-electron chi connectivity index (χ4n) is 2.60. The molecule has 28 heavy (non-hydrogen) atoms. The first kappa shape index (κ1) is 20.1. The van der Waals surface area contributed by atoms with Gasteiger partial charge in [-0.3, -0.25) is 14.5 Å². The third-order valence-electron chi connectivity index (χ3n) is 4.09. The van der Waals surface area contributed by atoms with E-state index in [1.165, 1.54) is 16.7 Å². The summed E-state index contributed by atoms with van der Waals surface area (Å²) in [4.78, 5) is 30.9. The van der Waals surface area contributed by atoms with Crippen molar-refractivity contribution in [3.63, 3.8) is 0 Å². The molecule has 0 spiro atoms. The highest BCUT2D eigenvalue weighted by Crippen LogP contribution is 2.32. The molecule has 0 saturated carbocycles. The molecule has 2 amide bonds. The van der Waals surface area contributed by atoms with Gasteiger partial charge in [0.1, 0.15) is 16.1 Å². The van der Waals surface area contributed by atoms with E-state index in [1.54, 1.807) is 50.0 Å². The highest BCUT2D eigenvalue weighted by atomic mass is 32.2. The summed E-state index contributed by atoms with van der Waals surface area (Å²) in [5, 5.41) is 2.86. The number of amides is 2.